The van der Waals surface area contributed by atoms with E-state index in [1.165, 1.54) is 12.1 Å². The van der Waals surface area contributed by atoms with E-state index in [2.05, 4.69) is 6.07 Å². The van der Waals surface area contributed by atoms with Gasteiger partial charge in [-0.15, -0.1) is 0 Å². The fourth-order valence-electron chi connectivity index (χ4n) is 1.63. The molecule has 0 saturated carbocycles. The molecular formula is C16H14FNO2. The van der Waals surface area contributed by atoms with E-state index >= 15 is 0 Å². The topological polar surface area (TPSA) is 42.2 Å². The first-order valence-corrected chi connectivity index (χ1v) is 6.29. The molecule has 2 rings (SSSR count). The molecule has 2 aromatic rings. The monoisotopic (exact) mass is 271 g/mol. The Morgan fingerprint density at radius 2 is 1.65 bits per heavy atom. The van der Waals surface area contributed by atoms with E-state index in [1.807, 2.05) is 6.07 Å². The van der Waals surface area contributed by atoms with Crippen LogP contribution in [0.1, 0.15) is 12.0 Å². The van der Waals surface area contributed by atoms with Crippen LogP contribution < -0.4 is 9.47 Å². The van der Waals surface area contributed by atoms with Gasteiger partial charge in [-0.25, -0.2) is 4.39 Å². The van der Waals surface area contributed by atoms with Crippen LogP contribution in [-0.4, -0.2) is 13.2 Å². The molecule has 0 heterocycles. The molecule has 0 saturated heterocycles. The Hall–Kier alpha value is -2.54. The van der Waals surface area contributed by atoms with E-state index in [-0.39, 0.29) is 5.82 Å². The average Bonchev–Trinajstić information content (AvgIpc) is 2.49. The maximum Gasteiger partial charge on any atom is 0.123 e. The van der Waals surface area contributed by atoms with Crippen molar-refractivity contribution in [3.05, 3.63) is 59.9 Å². The summed E-state index contributed by atoms with van der Waals surface area (Å²) in [5, 5.41) is 8.77. The zero-order valence-electron chi connectivity index (χ0n) is 10.9. The van der Waals surface area contributed by atoms with Crippen LogP contribution in [0.3, 0.4) is 0 Å². The van der Waals surface area contributed by atoms with Gasteiger partial charge in [-0.05, 0) is 42.5 Å². The summed E-state index contributed by atoms with van der Waals surface area (Å²) in [5.41, 5.74) is 0.574. The van der Waals surface area contributed by atoms with Gasteiger partial charge in [-0.1, -0.05) is 6.07 Å². The highest BCUT2D eigenvalue weighted by Crippen LogP contribution is 2.13. The van der Waals surface area contributed by atoms with Crippen molar-refractivity contribution >= 4 is 0 Å². The molecule has 4 heteroatoms. The summed E-state index contributed by atoms with van der Waals surface area (Å²) >= 11 is 0. The van der Waals surface area contributed by atoms with Crippen LogP contribution in [0.15, 0.2) is 48.5 Å². The Balaban J connectivity index is 1.69. The molecule has 0 unspecified atom stereocenters. The van der Waals surface area contributed by atoms with Crippen molar-refractivity contribution in [3.8, 4) is 17.6 Å². The van der Waals surface area contributed by atoms with Crippen molar-refractivity contribution in [1.82, 2.24) is 0 Å². The molecule has 2 aromatic carbocycles. The largest absolute Gasteiger partial charge is 0.493 e. The second-order valence-corrected chi connectivity index (χ2v) is 4.14. The summed E-state index contributed by atoms with van der Waals surface area (Å²) < 4.78 is 23.6. The number of rotatable bonds is 6. The first-order valence-electron chi connectivity index (χ1n) is 6.29. The van der Waals surface area contributed by atoms with Crippen molar-refractivity contribution < 1.29 is 13.9 Å². The standard InChI is InChI=1S/C16H14FNO2/c17-14-5-7-15(8-6-14)19-9-2-10-20-16-4-1-3-13(11-16)12-18/h1,3-8,11H,2,9-10H2. The van der Waals surface area contributed by atoms with E-state index in [1.54, 1.807) is 30.3 Å². The Morgan fingerprint density at radius 1 is 0.950 bits per heavy atom. The molecule has 0 spiro atoms. The minimum absolute atomic E-state index is 0.280. The molecule has 0 radical (unpaired) electrons. The number of hydrogen-bond donors (Lipinski definition) is 0. The number of nitrogens with zero attached hydrogens (tertiary/aromatic N) is 1. The first kappa shape index (κ1) is 13.9. The van der Waals surface area contributed by atoms with Crippen molar-refractivity contribution in [3.63, 3.8) is 0 Å². The number of nitriles is 1. The third-order valence-corrected chi connectivity index (χ3v) is 2.60. The highest BCUT2D eigenvalue weighted by Gasteiger charge is 1.97. The summed E-state index contributed by atoms with van der Waals surface area (Å²) in [4.78, 5) is 0. The lowest BCUT2D eigenvalue weighted by atomic mass is 10.2. The number of ether oxygens (including phenoxy) is 2. The third-order valence-electron chi connectivity index (χ3n) is 2.60. The molecule has 0 aliphatic carbocycles. The lowest BCUT2D eigenvalue weighted by Crippen LogP contribution is -2.05. The molecule has 0 fully saturated rings. The van der Waals surface area contributed by atoms with Gasteiger partial charge in [0, 0.05) is 6.42 Å². The minimum Gasteiger partial charge on any atom is -0.493 e. The summed E-state index contributed by atoms with van der Waals surface area (Å²) in [6.07, 6.45) is 0.703. The number of hydrogen-bond acceptors (Lipinski definition) is 3. The lowest BCUT2D eigenvalue weighted by Gasteiger charge is -2.08. The third kappa shape index (κ3) is 4.29. The van der Waals surface area contributed by atoms with Gasteiger partial charge in [0.25, 0.3) is 0 Å². The van der Waals surface area contributed by atoms with E-state index in [0.717, 1.165) is 0 Å². The summed E-state index contributed by atoms with van der Waals surface area (Å²) in [7, 11) is 0. The summed E-state index contributed by atoms with van der Waals surface area (Å²) in [6.45, 7) is 0.986. The zero-order valence-corrected chi connectivity index (χ0v) is 10.9. The van der Waals surface area contributed by atoms with Gasteiger partial charge in [-0.3, -0.25) is 0 Å². The van der Waals surface area contributed by atoms with Gasteiger partial charge in [-0.2, -0.15) is 5.26 Å². The SMILES string of the molecule is N#Cc1cccc(OCCCOc2ccc(F)cc2)c1. The van der Waals surface area contributed by atoms with Crippen molar-refractivity contribution in [2.45, 2.75) is 6.42 Å². The summed E-state index contributed by atoms with van der Waals surface area (Å²) in [5.74, 6) is 1.03. The van der Waals surface area contributed by atoms with E-state index in [4.69, 9.17) is 14.7 Å². The highest BCUT2D eigenvalue weighted by molar-refractivity contribution is 5.36. The molecule has 102 valence electrons. The molecule has 0 atom stereocenters. The molecular weight excluding hydrogens is 257 g/mol. The van der Waals surface area contributed by atoms with Gasteiger partial charge in [0.1, 0.15) is 17.3 Å². The normalized spacial score (nSPS) is 9.80. The lowest BCUT2D eigenvalue weighted by molar-refractivity contribution is 0.247. The maximum atomic E-state index is 12.7. The second-order valence-electron chi connectivity index (χ2n) is 4.14. The minimum atomic E-state index is -0.280. The van der Waals surface area contributed by atoms with Crippen LogP contribution in [0.5, 0.6) is 11.5 Å². The fourth-order valence-corrected chi connectivity index (χ4v) is 1.63. The predicted octanol–water partition coefficient (Wildman–Crippen LogP) is 3.55. The summed E-state index contributed by atoms with van der Waals surface area (Å²) in [6, 6.07) is 15.0. The molecule has 3 nitrogen and oxygen atoms in total. The van der Waals surface area contributed by atoms with Crippen molar-refractivity contribution in [1.29, 1.82) is 5.26 Å². The van der Waals surface area contributed by atoms with Crippen LogP contribution >= 0.6 is 0 Å². The molecule has 20 heavy (non-hydrogen) atoms. The Labute approximate surface area is 117 Å². The zero-order chi connectivity index (χ0) is 14.2. The van der Waals surface area contributed by atoms with Crippen LogP contribution in [0.25, 0.3) is 0 Å². The molecule has 0 amide bonds. The Bertz CT molecular complexity index is 590. The molecule has 0 aromatic heterocycles. The highest BCUT2D eigenvalue weighted by atomic mass is 19.1. The van der Waals surface area contributed by atoms with Crippen LogP contribution in [0.2, 0.25) is 0 Å². The molecule has 0 N–H and O–H groups in total. The van der Waals surface area contributed by atoms with Crippen molar-refractivity contribution in [2.24, 2.45) is 0 Å². The van der Waals surface area contributed by atoms with Crippen molar-refractivity contribution in [2.75, 3.05) is 13.2 Å². The Kier molecular flexibility index (Phi) is 4.96. The molecule has 0 bridgehead atoms. The first-order chi connectivity index (χ1) is 9.78. The van der Waals surface area contributed by atoms with E-state index < -0.39 is 0 Å². The maximum absolute atomic E-state index is 12.7. The van der Waals surface area contributed by atoms with Crippen LogP contribution in [0, 0.1) is 17.1 Å². The van der Waals surface area contributed by atoms with E-state index in [9.17, 15) is 4.39 Å². The van der Waals surface area contributed by atoms with Gasteiger partial charge >= 0.3 is 0 Å². The quantitative estimate of drug-likeness (QED) is 0.754. The van der Waals surface area contributed by atoms with Gasteiger partial charge in [0.05, 0.1) is 24.8 Å². The van der Waals surface area contributed by atoms with Crippen LogP contribution in [-0.2, 0) is 0 Å². The predicted molar refractivity (Wildman–Crippen MR) is 73.2 cm³/mol. The number of halogens is 1. The van der Waals surface area contributed by atoms with Crippen LogP contribution in [0.4, 0.5) is 4.39 Å². The number of benzene rings is 2. The fraction of sp³-hybridized carbons (Fsp3) is 0.188. The van der Waals surface area contributed by atoms with Gasteiger partial charge < -0.3 is 9.47 Å². The van der Waals surface area contributed by atoms with Gasteiger partial charge in [0.15, 0.2) is 0 Å². The average molecular weight is 271 g/mol. The molecule has 0 aliphatic rings. The smallest absolute Gasteiger partial charge is 0.123 e. The Morgan fingerprint density at radius 3 is 2.35 bits per heavy atom. The van der Waals surface area contributed by atoms with Gasteiger partial charge in [0.2, 0.25) is 0 Å². The van der Waals surface area contributed by atoms with E-state index in [0.29, 0.717) is 36.7 Å². The molecule has 0 aliphatic heterocycles. The second kappa shape index (κ2) is 7.15.